The maximum absolute atomic E-state index is 13.0. The molecule has 1 aromatic heterocycles. The second-order valence-corrected chi connectivity index (χ2v) is 5.37. The zero-order valence-electron chi connectivity index (χ0n) is 12.0. The summed E-state index contributed by atoms with van der Waals surface area (Å²) in [6.07, 6.45) is -3.43. The number of nitrogens with zero attached hydrogens (tertiary/aromatic N) is 2. The zero-order valence-corrected chi connectivity index (χ0v) is 12.0. The van der Waals surface area contributed by atoms with Crippen LogP contribution in [0.3, 0.4) is 0 Å². The summed E-state index contributed by atoms with van der Waals surface area (Å²) in [7, 11) is 0. The van der Waals surface area contributed by atoms with Crippen LogP contribution in [0.1, 0.15) is 24.1 Å². The van der Waals surface area contributed by atoms with Gasteiger partial charge in [-0.05, 0) is 12.1 Å². The molecular formula is C14H18F5N3. The van der Waals surface area contributed by atoms with Crippen LogP contribution in [-0.2, 0) is 12.7 Å². The van der Waals surface area contributed by atoms with Crippen molar-refractivity contribution >= 4 is 0 Å². The fraction of sp³-hybridized carbons (Fsp3) is 0.643. The van der Waals surface area contributed by atoms with Crippen LogP contribution in [0.15, 0.2) is 18.3 Å². The maximum atomic E-state index is 13.0. The molecule has 1 N–H and O–H groups in total. The number of hydrogen-bond donors (Lipinski definition) is 1. The molecule has 124 valence electrons. The summed E-state index contributed by atoms with van der Waals surface area (Å²) in [6, 6.07) is 2.25. The molecule has 0 spiro atoms. The van der Waals surface area contributed by atoms with Gasteiger partial charge in [0.1, 0.15) is 0 Å². The van der Waals surface area contributed by atoms with E-state index < -0.39 is 17.7 Å². The van der Waals surface area contributed by atoms with Crippen molar-refractivity contribution in [2.24, 2.45) is 0 Å². The third kappa shape index (κ3) is 4.88. The summed E-state index contributed by atoms with van der Waals surface area (Å²) in [4.78, 5) is 5.64. The molecule has 0 saturated carbocycles. The number of aromatic nitrogens is 1. The molecule has 1 fully saturated rings. The molecule has 2 heterocycles. The highest BCUT2D eigenvalue weighted by atomic mass is 19.4. The molecule has 0 radical (unpaired) electrons. The summed E-state index contributed by atoms with van der Waals surface area (Å²) >= 11 is 0. The van der Waals surface area contributed by atoms with E-state index in [4.69, 9.17) is 0 Å². The first-order valence-corrected chi connectivity index (χ1v) is 7.10. The molecule has 8 heteroatoms. The van der Waals surface area contributed by atoms with Gasteiger partial charge in [-0.25, -0.2) is 8.78 Å². The molecule has 0 unspecified atom stereocenters. The average Bonchev–Trinajstić information content (AvgIpc) is 2.44. The maximum Gasteiger partial charge on any atom is 0.418 e. The standard InChI is InChI=1S/C14H18F5N3/c15-13(16)3-7-22(8-4-13)9-6-20-10-12-11(14(17,18)19)2-1-5-21-12/h1-2,5,20H,3-4,6-10H2. The normalized spacial score (nSPS) is 19.3. The predicted octanol–water partition coefficient (Wildman–Crippen LogP) is 2.92. The largest absolute Gasteiger partial charge is 0.418 e. The number of nitrogens with one attached hydrogen (secondary N) is 1. The topological polar surface area (TPSA) is 28.2 Å². The highest BCUT2D eigenvalue weighted by molar-refractivity contribution is 5.22. The Labute approximate surface area is 125 Å². The molecule has 22 heavy (non-hydrogen) atoms. The molecule has 0 atom stereocenters. The van der Waals surface area contributed by atoms with Gasteiger partial charge in [0.05, 0.1) is 11.3 Å². The summed E-state index contributed by atoms with van der Waals surface area (Å²) in [5.74, 6) is -2.58. The molecule has 1 aliphatic heterocycles. The van der Waals surface area contributed by atoms with Gasteiger partial charge in [0.25, 0.3) is 5.92 Å². The Morgan fingerprint density at radius 1 is 1.23 bits per heavy atom. The molecule has 0 aliphatic carbocycles. The molecule has 1 saturated heterocycles. The summed E-state index contributed by atoms with van der Waals surface area (Å²) in [5.41, 5.74) is -0.805. The Balaban J connectivity index is 1.76. The molecular weight excluding hydrogens is 305 g/mol. The summed E-state index contributed by atoms with van der Waals surface area (Å²) < 4.78 is 64.3. The van der Waals surface area contributed by atoms with Crippen molar-refractivity contribution in [3.05, 3.63) is 29.6 Å². The summed E-state index contributed by atoms with van der Waals surface area (Å²) in [6.45, 7) is 1.58. The van der Waals surface area contributed by atoms with Gasteiger partial charge in [0, 0.05) is 51.8 Å². The van der Waals surface area contributed by atoms with Gasteiger partial charge < -0.3 is 10.2 Å². The second-order valence-electron chi connectivity index (χ2n) is 5.37. The molecule has 0 aromatic carbocycles. The van der Waals surface area contributed by atoms with Crippen LogP contribution in [0.4, 0.5) is 22.0 Å². The number of rotatable bonds is 5. The highest BCUT2D eigenvalue weighted by Gasteiger charge is 2.34. The van der Waals surface area contributed by atoms with Crippen molar-refractivity contribution < 1.29 is 22.0 Å². The van der Waals surface area contributed by atoms with E-state index in [0.29, 0.717) is 26.2 Å². The van der Waals surface area contributed by atoms with Gasteiger partial charge in [-0.2, -0.15) is 13.2 Å². The van der Waals surface area contributed by atoms with Gasteiger partial charge >= 0.3 is 6.18 Å². The van der Waals surface area contributed by atoms with E-state index >= 15 is 0 Å². The van der Waals surface area contributed by atoms with E-state index in [0.717, 1.165) is 6.07 Å². The molecule has 3 nitrogen and oxygen atoms in total. The Bertz CT molecular complexity index is 480. The first kappa shape index (κ1) is 17.1. The van der Waals surface area contributed by atoms with Crippen LogP contribution in [0.25, 0.3) is 0 Å². The molecule has 0 bridgehead atoms. The van der Waals surface area contributed by atoms with Crippen LogP contribution in [0.2, 0.25) is 0 Å². The van der Waals surface area contributed by atoms with E-state index in [2.05, 4.69) is 10.3 Å². The smallest absolute Gasteiger partial charge is 0.310 e. The Morgan fingerprint density at radius 2 is 1.91 bits per heavy atom. The van der Waals surface area contributed by atoms with E-state index in [1.807, 2.05) is 4.90 Å². The number of likely N-dealkylation sites (tertiary alicyclic amines) is 1. The van der Waals surface area contributed by atoms with Crippen molar-refractivity contribution in [2.75, 3.05) is 26.2 Å². The Kier molecular flexibility index (Phi) is 5.33. The third-order valence-corrected chi connectivity index (χ3v) is 3.68. The lowest BCUT2D eigenvalue weighted by Crippen LogP contribution is -2.42. The van der Waals surface area contributed by atoms with E-state index in [-0.39, 0.29) is 25.1 Å². The molecule has 1 aromatic rings. The van der Waals surface area contributed by atoms with Gasteiger partial charge in [-0.1, -0.05) is 0 Å². The minimum Gasteiger partial charge on any atom is -0.310 e. The quantitative estimate of drug-likeness (QED) is 0.667. The van der Waals surface area contributed by atoms with E-state index in [1.54, 1.807) is 0 Å². The van der Waals surface area contributed by atoms with Gasteiger partial charge in [-0.3, -0.25) is 4.98 Å². The molecule has 1 aliphatic rings. The SMILES string of the molecule is FC1(F)CCN(CCNCc2ncccc2C(F)(F)F)CC1. The Morgan fingerprint density at radius 3 is 2.55 bits per heavy atom. The lowest BCUT2D eigenvalue weighted by Gasteiger charge is -2.31. The third-order valence-electron chi connectivity index (χ3n) is 3.68. The van der Waals surface area contributed by atoms with Crippen molar-refractivity contribution in [3.63, 3.8) is 0 Å². The van der Waals surface area contributed by atoms with Crippen molar-refractivity contribution in [2.45, 2.75) is 31.5 Å². The zero-order chi connectivity index (χ0) is 16.2. The fourth-order valence-corrected chi connectivity index (χ4v) is 2.38. The predicted molar refractivity (Wildman–Crippen MR) is 71.6 cm³/mol. The van der Waals surface area contributed by atoms with E-state index in [9.17, 15) is 22.0 Å². The average molecular weight is 323 g/mol. The lowest BCUT2D eigenvalue weighted by atomic mass is 10.1. The van der Waals surface area contributed by atoms with Crippen LogP contribution >= 0.6 is 0 Å². The van der Waals surface area contributed by atoms with Gasteiger partial charge in [0.15, 0.2) is 0 Å². The first-order chi connectivity index (χ1) is 10.3. The fourth-order valence-electron chi connectivity index (χ4n) is 2.38. The number of pyridine rings is 1. The van der Waals surface area contributed by atoms with Crippen molar-refractivity contribution in [3.8, 4) is 0 Å². The number of piperidine rings is 1. The van der Waals surface area contributed by atoms with Crippen molar-refractivity contribution in [1.82, 2.24) is 15.2 Å². The minimum absolute atomic E-state index is 0.000314. The van der Waals surface area contributed by atoms with Crippen molar-refractivity contribution in [1.29, 1.82) is 0 Å². The van der Waals surface area contributed by atoms with Gasteiger partial charge in [-0.15, -0.1) is 0 Å². The molecule has 2 rings (SSSR count). The highest BCUT2D eigenvalue weighted by Crippen LogP contribution is 2.31. The monoisotopic (exact) mass is 323 g/mol. The number of hydrogen-bond acceptors (Lipinski definition) is 3. The van der Waals surface area contributed by atoms with E-state index in [1.165, 1.54) is 12.3 Å². The van der Waals surface area contributed by atoms with Crippen LogP contribution in [-0.4, -0.2) is 42.0 Å². The number of halogens is 5. The second kappa shape index (κ2) is 6.87. The Hall–Kier alpha value is -1.28. The van der Waals surface area contributed by atoms with Crippen LogP contribution in [0.5, 0.6) is 0 Å². The molecule has 0 amide bonds. The van der Waals surface area contributed by atoms with Crippen LogP contribution in [0, 0.1) is 0 Å². The summed E-state index contributed by atoms with van der Waals surface area (Å²) in [5, 5.41) is 2.89. The lowest BCUT2D eigenvalue weighted by molar-refractivity contribution is -0.138. The van der Waals surface area contributed by atoms with Crippen LogP contribution < -0.4 is 5.32 Å². The first-order valence-electron chi connectivity index (χ1n) is 7.10. The minimum atomic E-state index is -4.43. The number of alkyl halides is 5. The van der Waals surface area contributed by atoms with Gasteiger partial charge in [0.2, 0.25) is 0 Å².